The van der Waals surface area contributed by atoms with E-state index in [2.05, 4.69) is 218 Å². The van der Waals surface area contributed by atoms with Crippen LogP contribution >= 0.6 is 0 Å². The van der Waals surface area contributed by atoms with Gasteiger partial charge in [-0.2, -0.15) is 0 Å². The molecule has 2 nitrogen and oxygen atoms in total. The van der Waals surface area contributed by atoms with E-state index in [0.29, 0.717) is 0 Å². The van der Waals surface area contributed by atoms with E-state index in [1.807, 2.05) is 0 Å². The average Bonchev–Trinajstić information content (AvgIpc) is 3.22. The summed E-state index contributed by atoms with van der Waals surface area (Å²) in [7, 11) is 0. The fourth-order valence-corrected chi connectivity index (χ4v) is 8.57. The summed E-state index contributed by atoms with van der Waals surface area (Å²) in [5.41, 5.74) is 11.8. The second kappa shape index (κ2) is 12.3. The minimum Gasteiger partial charge on any atom is -0.311 e. The van der Waals surface area contributed by atoms with E-state index in [1.165, 1.54) is 65.9 Å². The van der Waals surface area contributed by atoms with Crippen molar-refractivity contribution in [3.05, 3.63) is 205 Å². The Labute approximate surface area is 310 Å². The first-order valence-corrected chi connectivity index (χ1v) is 18.4. The van der Waals surface area contributed by atoms with Gasteiger partial charge >= 0.3 is 0 Å². The molecule has 1 aliphatic heterocycles. The van der Waals surface area contributed by atoms with Crippen molar-refractivity contribution in [1.29, 1.82) is 0 Å². The lowest BCUT2D eigenvalue weighted by Gasteiger charge is -2.42. The van der Waals surface area contributed by atoms with E-state index in [1.54, 1.807) is 0 Å². The number of nitrogens with zero attached hydrogens (tertiary/aromatic N) is 2. The Bertz CT molecular complexity index is 2750. The summed E-state index contributed by atoms with van der Waals surface area (Å²) in [4.78, 5) is 4.79. The maximum Gasteiger partial charge on any atom is 0.0509 e. The molecule has 0 bridgehead atoms. The van der Waals surface area contributed by atoms with Crippen LogP contribution in [0.2, 0.25) is 0 Å². The van der Waals surface area contributed by atoms with Gasteiger partial charge in [0.2, 0.25) is 0 Å². The monoisotopic (exact) mass is 678 g/mol. The van der Waals surface area contributed by atoms with Gasteiger partial charge in [-0.25, -0.2) is 0 Å². The molecule has 0 unspecified atom stereocenters. The number of rotatable bonds is 5. The maximum atomic E-state index is 2.49. The third kappa shape index (κ3) is 5.02. The van der Waals surface area contributed by atoms with Crippen molar-refractivity contribution < 1.29 is 0 Å². The van der Waals surface area contributed by atoms with Crippen molar-refractivity contribution in [3.63, 3.8) is 0 Å². The van der Waals surface area contributed by atoms with Crippen LogP contribution in [0.5, 0.6) is 0 Å². The molecular weight excluding hydrogens is 641 g/mol. The van der Waals surface area contributed by atoms with Gasteiger partial charge in [0.25, 0.3) is 0 Å². The molecule has 0 saturated carbocycles. The van der Waals surface area contributed by atoms with Crippen LogP contribution < -0.4 is 9.80 Å². The highest BCUT2D eigenvalue weighted by Gasteiger charge is 2.38. The van der Waals surface area contributed by atoms with Gasteiger partial charge in [-0.1, -0.05) is 135 Å². The minimum absolute atomic E-state index is 0.260. The summed E-state index contributed by atoms with van der Waals surface area (Å²) < 4.78 is 0. The summed E-state index contributed by atoms with van der Waals surface area (Å²) >= 11 is 0. The first-order valence-electron chi connectivity index (χ1n) is 18.4. The van der Waals surface area contributed by atoms with Gasteiger partial charge in [-0.05, 0) is 127 Å². The van der Waals surface area contributed by atoms with Crippen molar-refractivity contribution in [1.82, 2.24) is 0 Å². The van der Waals surface area contributed by atoms with E-state index in [9.17, 15) is 0 Å². The molecule has 1 heterocycles. The topological polar surface area (TPSA) is 6.48 Å². The minimum atomic E-state index is -0.260. The predicted molar refractivity (Wildman–Crippen MR) is 226 cm³/mol. The number of hydrogen-bond acceptors (Lipinski definition) is 2. The highest BCUT2D eigenvalue weighted by atomic mass is 15.2. The quantitative estimate of drug-likeness (QED) is 0.167. The van der Waals surface area contributed by atoms with Crippen molar-refractivity contribution in [2.75, 3.05) is 9.80 Å². The van der Waals surface area contributed by atoms with Gasteiger partial charge in [0.05, 0.1) is 11.4 Å². The Balaban J connectivity index is 1.14. The molecule has 9 aromatic rings. The number of hydrogen-bond donors (Lipinski definition) is 0. The Morgan fingerprint density at radius 3 is 1.36 bits per heavy atom. The van der Waals surface area contributed by atoms with Crippen molar-refractivity contribution in [2.45, 2.75) is 19.3 Å². The van der Waals surface area contributed by atoms with Crippen LogP contribution in [0.3, 0.4) is 0 Å². The number of para-hydroxylation sites is 3. The van der Waals surface area contributed by atoms with E-state index < -0.39 is 0 Å². The van der Waals surface area contributed by atoms with Crippen LogP contribution in [0, 0.1) is 0 Å². The molecule has 53 heavy (non-hydrogen) atoms. The highest BCUT2D eigenvalue weighted by Crippen LogP contribution is 2.54. The summed E-state index contributed by atoms with van der Waals surface area (Å²) in [6, 6.07) is 70.8. The smallest absolute Gasteiger partial charge is 0.0509 e. The summed E-state index contributed by atoms with van der Waals surface area (Å²) in [5.74, 6) is 0. The fourth-order valence-electron chi connectivity index (χ4n) is 8.57. The lowest BCUT2D eigenvalue weighted by atomic mass is 9.72. The molecule has 252 valence electrons. The van der Waals surface area contributed by atoms with E-state index >= 15 is 0 Å². The standard InChI is InChI=1S/C51H38N2/c1-51(2)47-32-36(35-26-29-40(30-27-35)52(37-16-6-3-7-17-37)38-18-8-4-9-19-38)28-31-49(47)53(39-20-10-5-11-21-39)50-34-46-44-25-15-13-23-42(44)41-22-12-14-24-43(41)45(46)33-48(50)51/h3-34H,1-2H3. The van der Waals surface area contributed by atoms with Gasteiger partial charge in [-0.3, -0.25) is 0 Å². The molecule has 0 atom stereocenters. The SMILES string of the molecule is CC1(C)c2cc(-c3ccc(N(c4ccccc4)c4ccccc4)cc3)ccc2N(c2ccccc2)c2cc3c4ccccc4c4ccccc4c3cc21. The normalized spacial score (nSPS) is 13.2. The zero-order valence-electron chi connectivity index (χ0n) is 29.9. The molecule has 0 aromatic heterocycles. The number of anilines is 6. The molecule has 2 heteroatoms. The van der Waals surface area contributed by atoms with Crippen molar-refractivity contribution >= 4 is 66.4 Å². The van der Waals surface area contributed by atoms with E-state index in [0.717, 1.165) is 22.7 Å². The van der Waals surface area contributed by atoms with Gasteiger partial charge < -0.3 is 9.80 Å². The molecular formula is C51H38N2. The first-order chi connectivity index (χ1) is 26.1. The average molecular weight is 679 g/mol. The maximum absolute atomic E-state index is 2.49. The van der Waals surface area contributed by atoms with Gasteiger partial charge in [0.15, 0.2) is 0 Å². The molecule has 10 rings (SSSR count). The third-order valence-electron chi connectivity index (χ3n) is 11.2. The Morgan fingerprint density at radius 1 is 0.358 bits per heavy atom. The molecule has 0 amide bonds. The second-order valence-corrected chi connectivity index (χ2v) is 14.6. The van der Waals surface area contributed by atoms with Crippen LogP contribution in [-0.4, -0.2) is 0 Å². The molecule has 0 aliphatic carbocycles. The summed E-state index contributed by atoms with van der Waals surface area (Å²) in [6.07, 6.45) is 0. The molecule has 0 saturated heterocycles. The summed E-state index contributed by atoms with van der Waals surface area (Å²) in [6.45, 7) is 4.79. The molecule has 0 fully saturated rings. The zero-order chi connectivity index (χ0) is 35.5. The molecule has 0 N–H and O–H groups in total. The molecule has 0 spiro atoms. The largest absolute Gasteiger partial charge is 0.311 e. The van der Waals surface area contributed by atoms with E-state index in [-0.39, 0.29) is 5.41 Å². The van der Waals surface area contributed by atoms with Gasteiger partial charge in [0.1, 0.15) is 0 Å². The Morgan fingerprint density at radius 2 is 0.792 bits per heavy atom. The Hall–Kier alpha value is -6.64. The molecule has 0 radical (unpaired) electrons. The van der Waals surface area contributed by atoms with Gasteiger partial charge in [0, 0.05) is 28.2 Å². The highest BCUT2D eigenvalue weighted by molar-refractivity contribution is 6.26. The molecule has 1 aliphatic rings. The first kappa shape index (κ1) is 31.1. The van der Waals surface area contributed by atoms with Crippen LogP contribution in [0.15, 0.2) is 194 Å². The van der Waals surface area contributed by atoms with Gasteiger partial charge in [-0.15, -0.1) is 0 Å². The molecule has 9 aromatic carbocycles. The number of fused-ring (bicyclic) bond motifs is 8. The van der Waals surface area contributed by atoms with E-state index in [4.69, 9.17) is 0 Å². The Kier molecular flexibility index (Phi) is 7.19. The zero-order valence-corrected chi connectivity index (χ0v) is 29.9. The summed E-state index contributed by atoms with van der Waals surface area (Å²) in [5, 5.41) is 7.77. The predicted octanol–water partition coefficient (Wildman–Crippen LogP) is 14.4. The lowest BCUT2D eigenvalue weighted by molar-refractivity contribution is 0.633. The number of benzene rings is 9. The van der Waals surface area contributed by atoms with Crippen molar-refractivity contribution in [3.8, 4) is 11.1 Å². The van der Waals surface area contributed by atoms with Crippen molar-refractivity contribution in [2.24, 2.45) is 0 Å². The lowest BCUT2D eigenvalue weighted by Crippen LogP contribution is -2.30. The van der Waals surface area contributed by atoms with Crippen LogP contribution in [-0.2, 0) is 5.41 Å². The van der Waals surface area contributed by atoms with Crippen LogP contribution in [0.25, 0.3) is 43.4 Å². The van der Waals surface area contributed by atoms with Crippen LogP contribution in [0.1, 0.15) is 25.0 Å². The third-order valence-corrected chi connectivity index (χ3v) is 11.2. The van der Waals surface area contributed by atoms with Crippen LogP contribution in [0.4, 0.5) is 34.1 Å². The fraction of sp³-hybridized carbons (Fsp3) is 0.0588. The second-order valence-electron chi connectivity index (χ2n) is 14.6.